The maximum absolute atomic E-state index is 11.6. The molecule has 1 aromatic rings. The van der Waals surface area contributed by atoms with Gasteiger partial charge in [-0.3, -0.25) is 10.1 Å². The van der Waals surface area contributed by atoms with Gasteiger partial charge in [-0.05, 0) is 18.9 Å². The molecular weight excluding hydrogens is 250 g/mol. The van der Waals surface area contributed by atoms with Gasteiger partial charge >= 0.3 is 5.97 Å². The number of nitrogens with one attached hydrogen (secondary N) is 1. The highest BCUT2D eigenvalue weighted by atomic mass is 16.6. The van der Waals surface area contributed by atoms with Gasteiger partial charge in [0.2, 0.25) is 0 Å². The average molecular weight is 267 g/mol. The minimum Gasteiger partial charge on any atom is -0.467 e. The van der Waals surface area contributed by atoms with E-state index in [1.54, 1.807) is 6.92 Å². The molecule has 0 amide bonds. The molecule has 1 unspecified atom stereocenters. The fraction of sp³-hybridized carbons (Fsp3) is 0.500. The van der Waals surface area contributed by atoms with Crippen molar-refractivity contribution in [3.8, 4) is 0 Å². The lowest BCUT2D eigenvalue weighted by Gasteiger charge is -2.20. The summed E-state index contributed by atoms with van der Waals surface area (Å²) in [5, 5.41) is 13.6. The molecule has 1 N–H and O–H groups in total. The van der Waals surface area contributed by atoms with Gasteiger partial charge in [-0.1, -0.05) is 13.8 Å². The smallest absolute Gasteiger partial charge is 0.328 e. The number of hydrogen-bond donors (Lipinski definition) is 1. The van der Waals surface area contributed by atoms with Crippen LogP contribution in [0.2, 0.25) is 0 Å². The van der Waals surface area contributed by atoms with Crippen molar-refractivity contribution in [3.05, 3.63) is 27.9 Å². The van der Waals surface area contributed by atoms with E-state index in [4.69, 9.17) is 4.74 Å². The van der Waals surface area contributed by atoms with Crippen LogP contribution in [0.15, 0.2) is 12.1 Å². The van der Waals surface area contributed by atoms with Crippen LogP contribution in [-0.2, 0) is 9.53 Å². The number of carbonyl (C=O) groups excluding carboxylic acids is 1. The number of methoxy groups -OCH3 is 1. The standard InChI is InChI=1S/C12H17N3O4/c1-7(2)11(12(16)19-4)14-10-6-5-9(15(17)18)8(3)13-10/h5-7,11H,1-4H3,(H,13,14). The number of carbonyl (C=O) groups is 1. The monoisotopic (exact) mass is 267 g/mol. The molecule has 1 rings (SSSR count). The first-order valence-electron chi connectivity index (χ1n) is 5.83. The normalized spacial score (nSPS) is 12.1. The Bertz CT molecular complexity index is 488. The van der Waals surface area contributed by atoms with Gasteiger partial charge < -0.3 is 10.1 Å². The molecule has 0 radical (unpaired) electrons. The van der Waals surface area contributed by atoms with Crippen LogP contribution >= 0.6 is 0 Å². The van der Waals surface area contributed by atoms with E-state index in [9.17, 15) is 14.9 Å². The van der Waals surface area contributed by atoms with Gasteiger partial charge in [-0.2, -0.15) is 0 Å². The van der Waals surface area contributed by atoms with Crippen molar-refractivity contribution in [2.45, 2.75) is 26.8 Å². The lowest BCUT2D eigenvalue weighted by Crippen LogP contribution is -2.35. The molecule has 1 aromatic heterocycles. The quantitative estimate of drug-likeness (QED) is 0.497. The third-order valence-corrected chi connectivity index (χ3v) is 2.68. The van der Waals surface area contributed by atoms with Crippen LogP contribution in [0.3, 0.4) is 0 Å². The van der Waals surface area contributed by atoms with Gasteiger partial charge in [0.05, 0.1) is 12.0 Å². The Morgan fingerprint density at radius 3 is 2.53 bits per heavy atom. The Morgan fingerprint density at radius 1 is 1.47 bits per heavy atom. The number of esters is 1. The highest BCUT2D eigenvalue weighted by Gasteiger charge is 2.23. The van der Waals surface area contributed by atoms with E-state index in [-0.39, 0.29) is 11.6 Å². The zero-order chi connectivity index (χ0) is 14.6. The summed E-state index contributed by atoms with van der Waals surface area (Å²) in [6.45, 7) is 5.28. The Labute approximate surface area is 111 Å². The third kappa shape index (κ3) is 3.64. The zero-order valence-corrected chi connectivity index (χ0v) is 11.3. The molecule has 104 valence electrons. The summed E-state index contributed by atoms with van der Waals surface area (Å²) in [4.78, 5) is 25.9. The van der Waals surface area contributed by atoms with E-state index in [1.165, 1.54) is 19.2 Å². The van der Waals surface area contributed by atoms with E-state index < -0.39 is 16.9 Å². The Morgan fingerprint density at radius 2 is 2.11 bits per heavy atom. The molecule has 7 nitrogen and oxygen atoms in total. The number of ether oxygens (including phenoxy) is 1. The average Bonchev–Trinajstić information content (AvgIpc) is 2.34. The Balaban J connectivity index is 2.95. The van der Waals surface area contributed by atoms with E-state index in [0.29, 0.717) is 11.5 Å². The minimum absolute atomic E-state index is 0.00440. The molecule has 0 aliphatic heterocycles. The second-order valence-corrected chi connectivity index (χ2v) is 4.45. The summed E-state index contributed by atoms with van der Waals surface area (Å²) in [5.74, 6) is 0.0183. The molecule has 0 aliphatic carbocycles. The minimum atomic E-state index is -0.543. The Kier molecular flexibility index (Phi) is 4.80. The molecule has 1 atom stereocenters. The Hall–Kier alpha value is -2.18. The predicted molar refractivity (Wildman–Crippen MR) is 69.9 cm³/mol. The summed E-state index contributed by atoms with van der Waals surface area (Å²) < 4.78 is 4.70. The van der Waals surface area contributed by atoms with Crippen molar-refractivity contribution in [2.24, 2.45) is 5.92 Å². The summed E-state index contributed by atoms with van der Waals surface area (Å²) in [6.07, 6.45) is 0. The predicted octanol–water partition coefficient (Wildman–Crippen LogP) is 1.91. The van der Waals surface area contributed by atoms with Crippen LogP contribution < -0.4 is 5.32 Å². The molecule has 0 spiro atoms. The summed E-state index contributed by atoms with van der Waals surface area (Å²) >= 11 is 0. The van der Waals surface area contributed by atoms with Crippen molar-refractivity contribution in [1.82, 2.24) is 4.98 Å². The van der Waals surface area contributed by atoms with Crippen molar-refractivity contribution in [1.29, 1.82) is 0 Å². The first kappa shape index (κ1) is 14.9. The second-order valence-electron chi connectivity index (χ2n) is 4.45. The first-order valence-corrected chi connectivity index (χ1v) is 5.83. The van der Waals surface area contributed by atoms with Crippen LogP contribution in [0, 0.1) is 23.0 Å². The summed E-state index contributed by atoms with van der Waals surface area (Å²) in [7, 11) is 1.31. The van der Waals surface area contributed by atoms with Crippen LogP contribution in [0.1, 0.15) is 19.5 Å². The van der Waals surface area contributed by atoms with E-state index >= 15 is 0 Å². The second kappa shape index (κ2) is 6.12. The topological polar surface area (TPSA) is 94.4 Å². The molecule has 0 bridgehead atoms. The van der Waals surface area contributed by atoms with Gasteiger partial charge in [0.15, 0.2) is 0 Å². The number of nitrogens with zero attached hydrogens (tertiary/aromatic N) is 2. The number of nitro groups is 1. The lowest BCUT2D eigenvalue weighted by molar-refractivity contribution is -0.385. The van der Waals surface area contributed by atoms with E-state index in [0.717, 1.165) is 0 Å². The highest BCUT2D eigenvalue weighted by molar-refractivity contribution is 5.79. The highest BCUT2D eigenvalue weighted by Crippen LogP contribution is 2.19. The zero-order valence-electron chi connectivity index (χ0n) is 11.3. The molecule has 0 saturated heterocycles. The largest absolute Gasteiger partial charge is 0.467 e. The maximum atomic E-state index is 11.6. The van der Waals surface area contributed by atoms with Gasteiger partial charge in [0, 0.05) is 6.07 Å². The van der Waals surface area contributed by atoms with Crippen molar-refractivity contribution in [2.75, 3.05) is 12.4 Å². The van der Waals surface area contributed by atoms with Crippen molar-refractivity contribution < 1.29 is 14.5 Å². The summed E-state index contributed by atoms with van der Waals surface area (Å²) in [6, 6.07) is 2.29. The third-order valence-electron chi connectivity index (χ3n) is 2.68. The van der Waals surface area contributed by atoms with Crippen LogP contribution in [0.25, 0.3) is 0 Å². The first-order chi connectivity index (χ1) is 8.86. The van der Waals surface area contributed by atoms with Crippen LogP contribution in [-0.4, -0.2) is 29.0 Å². The van der Waals surface area contributed by atoms with Crippen molar-refractivity contribution >= 4 is 17.5 Å². The molecule has 0 saturated carbocycles. The molecule has 0 aromatic carbocycles. The number of hydrogen-bond acceptors (Lipinski definition) is 6. The molecule has 0 aliphatic rings. The lowest BCUT2D eigenvalue weighted by atomic mass is 10.0. The maximum Gasteiger partial charge on any atom is 0.328 e. The molecule has 7 heteroatoms. The van der Waals surface area contributed by atoms with Gasteiger partial charge in [-0.15, -0.1) is 0 Å². The molecule has 19 heavy (non-hydrogen) atoms. The fourth-order valence-electron chi connectivity index (χ4n) is 1.61. The molecular formula is C12H17N3O4. The number of aromatic nitrogens is 1. The summed E-state index contributed by atoms with van der Waals surface area (Å²) in [5.41, 5.74) is 0.243. The van der Waals surface area contributed by atoms with E-state index in [1.807, 2.05) is 13.8 Å². The van der Waals surface area contributed by atoms with Crippen LogP contribution in [0.5, 0.6) is 0 Å². The fourth-order valence-corrected chi connectivity index (χ4v) is 1.61. The number of anilines is 1. The molecule has 0 fully saturated rings. The molecule has 1 heterocycles. The van der Waals surface area contributed by atoms with Crippen LogP contribution in [0.4, 0.5) is 11.5 Å². The number of rotatable bonds is 5. The number of aryl methyl sites for hydroxylation is 1. The van der Waals surface area contributed by atoms with E-state index in [2.05, 4.69) is 10.3 Å². The van der Waals surface area contributed by atoms with Gasteiger partial charge in [0.25, 0.3) is 5.69 Å². The van der Waals surface area contributed by atoms with Gasteiger partial charge in [-0.25, -0.2) is 9.78 Å². The van der Waals surface area contributed by atoms with Crippen molar-refractivity contribution in [3.63, 3.8) is 0 Å². The number of pyridine rings is 1. The van der Waals surface area contributed by atoms with Gasteiger partial charge in [0.1, 0.15) is 17.6 Å². The SMILES string of the molecule is COC(=O)C(Nc1ccc([N+](=O)[O-])c(C)n1)C(C)C.